The van der Waals surface area contributed by atoms with E-state index < -0.39 is 26.0 Å². The van der Waals surface area contributed by atoms with E-state index in [1.165, 1.54) is 12.3 Å². The number of hydrogen-bond donors (Lipinski definition) is 1. The van der Waals surface area contributed by atoms with E-state index in [4.69, 9.17) is 11.0 Å². The molecule has 1 aliphatic rings. The lowest BCUT2D eigenvalue weighted by Crippen LogP contribution is -2.43. The Morgan fingerprint density at radius 3 is 3.00 bits per heavy atom. The standard InChI is InChI=1S/C8H11BrN4/c9-8-11-2-1-7(12-8)13-5-3-10-4-6-13/h1-2,10H,3-6H2/i3D2,4D2,5D2,6D2. The van der Waals surface area contributed by atoms with Gasteiger partial charge in [-0.15, -0.1) is 0 Å². The molecule has 1 saturated heterocycles. The first-order valence-electron chi connectivity index (χ1n) is 7.41. The molecule has 0 aromatic carbocycles. The van der Waals surface area contributed by atoms with Gasteiger partial charge < -0.3 is 10.2 Å². The van der Waals surface area contributed by atoms with Gasteiger partial charge in [-0.05, 0) is 22.0 Å². The second-order valence-electron chi connectivity index (χ2n) is 2.12. The summed E-state index contributed by atoms with van der Waals surface area (Å²) in [5.41, 5.74) is 0. The Balaban J connectivity index is 2.67. The Hall–Kier alpha value is -0.680. The van der Waals surface area contributed by atoms with Crippen LogP contribution in [0.25, 0.3) is 0 Å². The van der Waals surface area contributed by atoms with Crippen molar-refractivity contribution in [2.45, 2.75) is 0 Å². The van der Waals surface area contributed by atoms with Gasteiger partial charge in [0.15, 0.2) is 4.73 Å². The van der Waals surface area contributed by atoms with E-state index in [0.717, 1.165) is 0 Å². The van der Waals surface area contributed by atoms with Gasteiger partial charge in [0.1, 0.15) is 5.82 Å². The van der Waals surface area contributed by atoms with Crippen molar-refractivity contribution >= 4 is 21.7 Å². The van der Waals surface area contributed by atoms with E-state index in [0.29, 0.717) is 4.90 Å². The predicted molar refractivity (Wildman–Crippen MR) is 54.8 cm³/mol. The van der Waals surface area contributed by atoms with Gasteiger partial charge in [-0.3, -0.25) is 0 Å². The number of rotatable bonds is 1. The Labute approximate surface area is 96.7 Å². The van der Waals surface area contributed by atoms with Crippen LogP contribution in [0.1, 0.15) is 11.0 Å². The lowest BCUT2D eigenvalue weighted by atomic mass is 10.3. The number of halogens is 1. The second-order valence-corrected chi connectivity index (χ2v) is 2.83. The molecule has 0 radical (unpaired) electrons. The highest BCUT2D eigenvalue weighted by atomic mass is 79.9. The maximum Gasteiger partial charge on any atom is 0.198 e. The second kappa shape index (κ2) is 4.02. The van der Waals surface area contributed by atoms with E-state index in [9.17, 15) is 0 Å². The molecule has 0 saturated carbocycles. The molecule has 4 nitrogen and oxygen atoms in total. The lowest BCUT2D eigenvalue weighted by molar-refractivity contribution is 0.584. The summed E-state index contributed by atoms with van der Waals surface area (Å²) < 4.78 is 62.3. The van der Waals surface area contributed by atoms with E-state index in [2.05, 4.69) is 25.9 Å². The van der Waals surface area contributed by atoms with Crippen LogP contribution in [0.15, 0.2) is 17.0 Å². The molecular formula is C8H11BrN4. The molecule has 0 amide bonds. The van der Waals surface area contributed by atoms with Crippen LogP contribution in [-0.2, 0) is 0 Å². The molecule has 0 spiro atoms. The molecular weight excluding hydrogens is 232 g/mol. The van der Waals surface area contributed by atoms with Gasteiger partial charge in [0.25, 0.3) is 0 Å². The van der Waals surface area contributed by atoms with Crippen LogP contribution in [0.2, 0.25) is 0 Å². The van der Waals surface area contributed by atoms with Crippen molar-refractivity contribution in [2.75, 3.05) is 30.9 Å². The van der Waals surface area contributed by atoms with E-state index in [-0.39, 0.29) is 10.6 Å². The van der Waals surface area contributed by atoms with Gasteiger partial charge in [0.05, 0.1) is 5.48 Å². The zero-order chi connectivity index (χ0) is 16.3. The normalized spacial score (nSPS) is 42.1. The average molecular weight is 251 g/mol. The maximum absolute atomic E-state index is 7.90. The first-order chi connectivity index (χ1) is 9.33. The molecule has 1 fully saturated rings. The summed E-state index contributed by atoms with van der Waals surface area (Å²) in [6, 6.07) is 1.18. The number of nitrogens with one attached hydrogen (secondary N) is 1. The summed E-state index contributed by atoms with van der Waals surface area (Å²) in [7, 11) is 0. The highest BCUT2D eigenvalue weighted by Gasteiger charge is 2.11. The van der Waals surface area contributed by atoms with Crippen molar-refractivity contribution in [3.8, 4) is 0 Å². The van der Waals surface area contributed by atoms with E-state index in [1.54, 1.807) is 5.32 Å². The molecule has 0 atom stereocenters. The molecule has 13 heavy (non-hydrogen) atoms. The molecule has 5 heteroatoms. The van der Waals surface area contributed by atoms with Crippen molar-refractivity contribution in [1.82, 2.24) is 15.3 Å². The Bertz CT molecular complexity index is 539. The first-order valence-corrected chi connectivity index (χ1v) is 4.20. The smallest absolute Gasteiger partial charge is 0.198 e. The molecule has 70 valence electrons. The fourth-order valence-electron chi connectivity index (χ4n) is 0.792. The number of piperazine rings is 1. The molecule has 0 bridgehead atoms. The summed E-state index contributed by atoms with van der Waals surface area (Å²) >= 11 is 2.96. The first kappa shape index (κ1) is 3.47. The van der Waals surface area contributed by atoms with Crippen LogP contribution >= 0.6 is 15.9 Å². The SMILES string of the molecule is [2H]C1([2H])NC([2H])([2H])C([2H])([2H])N(c2ccnc(Br)n2)C1([2H])[2H]. The minimum Gasteiger partial charge on any atom is -0.354 e. The monoisotopic (exact) mass is 250 g/mol. The van der Waals surface area contributed by atoms with Crippen LogP contribution in [-0.4, -0.2) is 36.0 Å². The predicted octanol–water partition coefficient (Wildman–Crippen LogP) is 0.649. The zero-order valence-electron chi connectivity index (χ0n) is 14.4. The molecule has 2 rings (SSSR count). The third-order valence-corrected chi connectivity index (χ3v) is 1.68. The van der Waals surface area contributed by atoms with Crippen LogP contribution in [0.3, 0.4) is 0 Å². The Morgan fingerprint density at radius 2 is 2.31 bits per heavy atom. The molecule has 0 aliphatic carbocycles. The van der Waals surface area contributed by atoms with Gasteiger partial charge in [0, 0.05) is 37.7 Å². The minimum atomic E-state index is -2.89. The van der Waals surface area contributed by atoms with Crippen LogP contribution < -0.4 is 10.2 Å². The summed E-state index contributed by atoms with van der Waals surface area (Å²) in [6.07, 6.45) is 1.23. The zero-order valence-corrected chi connectivity index (χ0v) is 7.96. The summed E-state index contributed by atoms with van der Waals surface area (Å²) in [5, 5.41) is 1.75. The van der Waals surface area contributed by atoms with Crippen molar-refractivity contribution in [1.29, 1.82) is 0 Å². The molecule has 1 aromatic rings. The molecule has 1 N–H and O–H groups in total. The van der Waals surface area contributed by atoms with E-state index >= 15 is 0 Å². The number of hydrogen-bond acceptors (Lipinski definition) is 4. The Kier molecular flexibility index (Phi) is 1.07. The molecule has 2 heterocycles. The molecule has 0 unspecified atom stereocenters. The molecule has 1 aromatic heterocycles. The van der Waals surface area contributed by atoms with Crippen molar-refractivity contribution in [3.63, 3.8) is 0 Å². The lowest BCUT2D eigenvalue weighted by Gasteiger charge is -2.28. The van der Waals surface area contributed by atoms with Gasteiger partial charge in [-0.25, -0.2) is 9.97 Å². The van der Waals surface area contributed by atoms with Crippen molar-refractivity contribution in [2.24, 2.45) is 0 Å². The summed E-state index contributed by atoms with van der Waals surface area (Å²) in [5.74, 6) is -0.277. The van der Waals surface area contributed by atoms with Gasteiger partial charge >= 0.3 is 0 Å². The van der Waals surface area contributed by atoms with Crippen LogP contribution in [0.4, 0.5) is 5.82 Å². The number of nitrogens with zero attached hydrogens (tertiary/aromatic N) is 3. The van der Waals surface area contributed by atoms with Crippen LogP contribution in [0, 0.1) is 0 Å². The van der Waals surface area contributed by atoms with E-state index in [1.807, 2.05) is 0 Å². The Morgan fingerprint density at radius 1 is 1.54 bits per heavy atom. The number of aromatic nitrogens is 2. The van der Waals surface area contributed by atoms with Crippen molar-refractivity contribution < 1.29 is 11.0 Å². The summed E-state index contributed by atoms with van der Waals surface area (Å²) in [6.45, 7) is -11.5. The van der Waals surface area contributed by atoms with Gasteiger partial charge in [-0.2, -0.15) is 0 Å². The quantitative estimate of drug-likeness (QED) is 0.744. The third-order valence-electron chi connectivity index (χ3n) is 1.30. The summed E-state index contributed by atoms with van der Waals surface area (Å²) in [4.78, 5) is 7.89. The third kappa shape index (κ3) is 2.16. The molecule has 1 aliphatic heterocycles. The maximum atomic E-state index is 7.90. The highest BCUT2D eigenvalue weighted by molar-refractivity contribution is 9.10. The fourth-order valence-corrected chi connectivity index (χ4v) is 1.09. The fraction of sp³-hybridized carbons (Fsp3) is 0.500. The topological polar surface area (TPSA) is 41.0 Å². The average Bonchev–Trinajstić information content (AvgIpc) is 2.24. The largest absolute Gasteiger partial charge is 0.354 e. The highest BCUT2D eigenvalue weighted by Crippen LogP contribution is 2.12. The van der Waals surface area contributed by atoms with Crippen molar-refractivity contribution in [3.05, 3.63) is 17.0 Å². The van der Waals surface area contributed by atoms with Crippen LogP contribution in [0.5, 0.6) is 0 Å². The van der Waals surface area contributed by atoms with Gasteiger partial charge in [0.2, 0.25) is 0 Å². The number of anilines is 1. The van der Waals surface area contributed by atoms with Gasteiger partial charge in [-0.1, -0.05) is 0 Å². The minimum absolute atomic E-state index is 0.0475.